The summed E-state index contributed by atoms with van der Waals surface area (Å²) in [4.78, 5) is 31.8. The van der Waals surface area contributed by atoms with E-state index in [1.165, 1.54) is 6.92 Å². The minimum atomic E-state index is -0.562. The molecule has 132 valence electrons. The molecule has 0 spiro atoms. The van der Waals surface area contributed by atoms with Crippen LogP contribution in [-0.4, -0.2) is 52.0 Å². The van der Waals surface area contributed by atoms with E-state index < -0.39 is 5.60 Å². The molecule has 0 aliphatic carbocycles. The molecule has 2 amide bonds. The summed E-state index contributed by atoms with van der Waals surface area (Å²) in [6, 6.07) is 3.23. The molecule has 2 rings (SSSR count). The van der Waals surface area contributed by atoms with Crippen molar-refractivity contribution in [2.75, 3.05) is 19.6 Å². The molecular weight excluding hydrogens is 398 g/mol. The van der Waals surface area contributed by atoms with Gasteiger partial charge in [0, 0.05) is 26.6 Å². The monoisotopic (exact) mass is 417 g/mol. The first-order chi connectivity index (χ1) is 11.1. The van der Waals surface area contributed by atoms with Gasteiger partial charge in [0.05, 0.1) is 6.04 Å². The van der Waals surface area contributed by atoms with Crippen LogP contribution in [0, 0.1) is 0 Å². The Morgan fingerprint density at radius 3 is 2.54 bits per heavy atom. The molecule has 1 fully saturated rings. The molecule has 0 unspecified atom stereocenters. The Bertz CT molecular complexity index is 628. The molecule has 0 aromatic carbocycles. The summed E-state index contributed by atoms with van der Waals surface area (Å²) in [7, 11) is 0. The third-order valence-corrected chi connectivity index (χ3v) is 4.21. The molecule has 1 atom stereocenters. The number of carbonyl (C=O) groups is 2. The van der Waals surface area contributed by atoms with Gasteiger partial charge in [0.15, 0.2) is 0 Å². The van der Waals surface area contributed by atoms with Gasteiger partial charge in [-0.1, -0.05) is 11.6 Å². The Labute approximate surface area is 155 Å². The second kappa shape index (κ2) is 7.27. The highest BCUT2D eigenvalue weighted by Crippen LogP contribution is 2.29. The number of pyridine rings is 1. The summed E-state index contributed by atoms with van der Waals surface area (Å²) in [5, 5.41) is 0.331. The molecule has 2 heterocycles. The number of hydrogen-bond donors (Lipinski definition) is 0. The van der Waals surface area contributed by atoms with Crippen LogP contribution in [0.15, 0.2) is 16.7 Å². The Kier molecular flexibility index (Phi) is 5.75. The van der Waals surface area contributed by atoms with E-state index in [-0.39, 0.29) is 18.0 Å². The number of piperazine rings is 1. The quantitative estimate of drug-likeness (QED) is 0.653. The molecule has 0 saturated carbocycles. The molecule has 1 aromatic rings. The van der Waals surface area contributed by atoms with Crippen LogP contribution in [0.3, 0.4) is 0 Å². The Morgan fingerprint density at radius 1 is 1.33 bits per heavy atom. The number of amides is 2. The lowest BCUT2D eigenvalue weighted by molar-refractivity contribution is -0.134. The summed E-state index contributed by atoms with van der Waals surface area (Å²) in [5.41, 5.74) is 0.262. The third-order valence-electron chi connectivity index (χ3n) is 3.61. The Morgan fingerprint density at radius 2 is 2.00 bits per heavy atom. The van der Waals surface area contributed by atoms with Gasteiger partial charge in [-0.3, -0.25) is 4.79 Å². The van der Waals surface area contributed by atoms with Crippen molar-refractivity contribution in [1.29, 1.82) is 0 Å². The minimum absolute atomic E-state index is 0.0482. The summed E-state index contributed by atoms with van der Waals surface area (Å²) in [5.74, 6) is -0.0482. The van der Waals surface area contributed by atoms with Crippen LogP contribution in [0.1, 0.15) is 39.3 Å². The van der Waals surface area contributed by atoms with E-state index in [4.69, 9.17) is 16.3 Å². The molecule has 1 aliphatic rings. The van der Waals surface area contributed by atoms with Crippen molar-refractivity contribution in [3.8, 4) is 0 Å². The van der Waals surface area contributed by atoms with Crippen molar-refractivity contribution in [3.05, 3.63) is 27.5 Å². The van der Waals surface area contributed by atoms with Crippen LogP contribution in [0.2, 0.25) is 5.15 Å². The highest BCUT2D eigenvalue weighted by molar-refractivity contribution is 9.10. The maximum Gasteiger partial charge on any atom is 0.410 e. The molecule has 0 bridgehead atoms. The van der Waals surface area contributed by atoms with Crippen molar-refractivity contribution in [3.63, 3.8) is 0 Å². The van der Waals surface area contributed by atoms with E-state index in [9.17, 15) is 9.59 Å². The van der Waals surface area contributed by atoms with Gasteiger partial charge in [-0.15, -0.1) is 0 Å². The van der Waals surface area contributed by atoms with Crippen LogP contribution in [0.25, 0.3) is 0 Å². The maximum absolute atomic E-state index is 12.4. The second-order valence-electron chi connectivity index (χ2n) is 6.70. The molecule has 8 heteroatoms. The fraction of sp³-hybridized carbons (Fsp3) is 0.562. The Hall–Kier alpha value is -1.34. The van der Waals surface area contributed by atoms with Crippen LogP contribution in [0.4, 0.5) is 4.79 Å². The minimum Gasteiger partial charge on any atom is -0.444 e. The summed E-state index contributed by atoms with van der Waals surface area (Å²) >= 11 is 9.35. The lowest BCUT2D eigenvalue weighted by Crippen LogP contribution is -2.52. The van der Waals surface area contributed by atoms with Crippen molar-refractivity contribution < 1.29 is 14.3 Å². The number of ether oxygens (including phenoxy) is 1. The second-order valence-corrected chi connectivity index (χ2v) is 7.90. The van der Waals surface area contributed by atoms with E-state index >= 15 is 0 Å². The largest absolute Gasteiger partial charge is 0.444 e. The van der Waals surface area contributed by atoms with Crippen molar-refractivity contribution in [2.24, 2.45) is 0 Å². The molecule has 6 nitrogen and oxygen atoms in total. The van der Waals surface area contributed by atoms with Gasteiger partial charge in [-0.2, -0.15) is 0 Å². The third kappa shape index (κ3) is 4.83. The molecule has 1 aromatic heterocycles. The zero-order valence-electron chi connectivity index (χ0n) is 14.2. The summed E-state index contributed by atoms with van der Waals surface area (Å²) < 4.78 is 6.03. The summed E-state index contributed by atoms with van der Waals surface area (Å²) in [6.45, 7) is 8.23. The molecule has 24 heavy (non-hydrogen) atoms. The smallest absolute Gasteiger partial charge is 0.410 e. The van der Waals surface area contributed by atoms with Gasteiger partial charge in [0.25, 0.3) is 0 Å². The first-order valence-electron chi connectivity index (χ1n) is 7.65. The van der Waals surface area contributed by atoms with E-state index in [2.05, 4.69) is 20.9 Å². The molecule has 0 N–H and O–H groups in total. The molecule has 1 aliphatic heterocycles. The van der Waals surface area contributed by atoms with E-state index in [1.807, 2.05) is 26.8 Å². The topological polar surface area (TPSA) is 62.7 Å². The predicted octanol–water partition coefficient (Wildman–Crippen LogP) is 3.64. The van der Waals surface area contributed by atoms with E-state index in [0.717, 1.165) is 5.56 Å². The van der Waals surface area contributed by atoms with Crippen LogP contribution in [-0.2, 0) is 9.53 Å². The van der Waals surface area contributed by atoms with Gasteiger partial charge in [0.1, 0.15) is 15.4 Å². The standard InChI is InChI=1S/C16H21BrClN3O3/c1-10(22)21-6-5-20(15(23)24-16(2,3)4)9-12(21)11-7-13(17)19-14(18)8-11/h7-8,12H,5-6,9H2,1-4H3/t12-/m0/s1. The number of halogens is 2. The average molecular weight is 419 g/mol. The molecule has 1 saturated heterocycles. The van der Waals surface area contributed by atoms with Gasteiger partial charge < -0.3 is 14.5 Å². The first-order valence-corrected chi connectivity index (χ1v) is 8.82. The zero-order valence-corrected chi connectivity index (χ0v) is 16.5. The average Bonchev–Trinajstić information content (AvgIpc) is 2.43. The number of aromatic nitrogens is 1. The number of hydrogen-bond acceptors (Lipinski definition) is 4. The predicted molar refractivity (Wildman–Crippen MR) is 94.9 cm³/mol. The highest BCUT2D eigenvalue weighted by Gasteiger charge is 2.34. The van der Waals surface area contributed by atoms with Crippen molar-refractivity contribution in [1.82, 2.24) is 14.8 Å². The fourth-order valence-corrected chi connectivity index (χ4v) is 3.39. The fourth-order valence-electron chi connectivity index (χ4n) is 2.61. The number of nitrogens with zero attached hydrogens (tertiary/aromatic N) is 3. The normalized spacial score (nSPS) is 18.5. The van der Waals surface area contributed by atoms with Gasteiger partial charge in [-0.25, -0.2) is 9.78 Å². The lowest BCUT2D eigenvalue weighted by atomic mass is 10.0. The van der Waals surface area contributed by atoms with Crippen molar-refractivity contribution >= 4 is 39.5 Å². The van der Waals surface area contributed by atoms with Crippen LogP contribution in [0.5, 0.6) is 0 Å². The number of rotatable bonds is 1. The zero-order chi connectivity index (χ0) is 18.1. The molecular formula is C16H21BrClN3O3. The van der Waals surface area contributed by atoms with Gasteiger partial charge >= 0.3 is 6.09 Å². The number of carbonyl (C=O) groups excluding carboxylic acids is 2. The SMILES string of the molecule is CC(=O)N1CCN(C(=O)OC(C)(C)C)C[C@H]1c1cc(Cl)nc(Br)c1. The van der Waals surface area contributed by atoms with E-state index in [1.54, 1.807) is 15.9 Å². The highest BCUT2D eigenvalue weighted by atomic mass is 79.9. The molecule has 0 radical (unpaired) electrons. The summed E-state index contributed by atoms with van der Waals surface area (Å²) in [6.07, 6.45) is -0.380. The van der Waals surface area contributed by atoms with Gasteiger partial charge in [0.2, 0.25) is 5.91 Å². The van der Waals surface area contributed by atoms with Crippen LogP contribution >= 0.6 is 27.5 Å². The van der Waals surface area contributed by atoms with Crippen LogP contribution < -0.4 is 0 Å². The Balaban J connectivity index is 2.26. The van der Waals surface area contributed by atoms with Gasteiger partial charge in [-0.05, 0) is 54.4 Å². The lowest BCUT2D eigenvalue weighted by Gasteiger charge is -2.41. The first kappa shape index (κ1) is 19.0. The van der Waals surface area contributed by atoms with Crippen molar-refractivity contribution in [2.45, 2.75) is 39.3 Å². The maximum atomic E-state index is 12.4. The van der Waals surface area contributed by atoms with E-state index in [0.29, 0.717) is 29.4 Å².